The number of rotatable bonds is 2. The molecule has 0 radical (unpaired) electrons. The average Bonchev–Trinajstić information content (AvgIpc) is 2.78. The molecule has 0 spiro atoms. The molecule has 3 rings (SSSR count). The molecule has 0 amide bonds. The molecule has 0 saturated carbocycles. The predicted octanol–water partition coefficient (Wildman–Crippen LogP) is 3.19. The number of nitriles is 3. The molecule has 2 aliphatic heterocycles. The van der Waals surface area contributed by atoms with Crippen molar-refractivity contribution < 1.29 is 13.9 Å². The van der Waals surface area contributed by atoms with E-state index >= 15 is 0 Å². The molecule has 2 heterocycles. The van der Waals surface area contributed by atoms with E-state index in [1.807, 2.05) is 18.2 Å². The van der Waals surface area contributed by atoms with Crippen LogP contribution in [0.5, 0.6) is 0 Å². The van der Waals surface area contributed by atoms with Gasteiger partial charge in [-0.25, -0.2) is 4.39 Å². The van der Waals surface area contributed by atoms with E-state index in [9.17, 15) is 20.2 Å². The molecule has 1 aromatic carbocycles. The Hall–Kier alpha value is -2.95. The lowest BCUT2D eigenvalue weighted by Gasteiger charge is -2.48. The second-order valence-electron chi connectivity index (χ2n) is 6.32. The summed E-state index contributed by atoms with van der Waals surface area (Å²) in [6, 6.07) is 11.2. The van der Waals surface area contributed by atoms with E-state index in [1.54, 1.807) is 13.8 Å². The van der Waals surface area contributed by atoms with Crippen LogP contribution < -0.4 is 0 Å². The number of ether oxygens (including phenoxy) is 2. The maximum atomic E-state index is 13.7. The van der Waals surface area contributed by atoms with E-state index < -0.39 is 40.4 Å². The molecule has 2 fully saturated rings. The maximum absolute atomic E-state index is 13.7. The Kier molecular flexibility index (Phi) is 3.56. The third-order valence-corrected chi connectivity index (χ3v) is 5.45. The fourth-order valence-electron chi connectivity index (χ4n) is 4.01. The Morgan fingerprint density at radius 1 is 1.24 bits per heavy atom. The van der Waals surface area contributed by atoms with Gasteiger partial charge < -0.3 is 9.47 Å². The van der Waals surface area contributed by atoms with Gasteiger partial charge in [0.05, 0.1) is 24.1 Å². The summed E-state index contributed by atoms with van der Waals surface area (Å²) < 4.78 is 25.4. The fourth-order valence-corrected chi connectivity index (χ4v) is 4.01. The van der Waals surface area contributed by atoms with Crippen molar-refractivity contribution in [3.05, 3.63) is 35.6 Å². The number of nitrogens with one attached hydrogen (secondary N) is 1. The van der Waals surface area contributed by atoms with E-state index in [1.165, 1.54) is 24.3 Å². The number of benzene rings is 1. The third kappa shape index (κ3) is 1.75. The summed E-state index contributed by atoms with van der Waals surface area (Å²) in [5.41, 5.74) is -3.59. The van der Waals surface area contributed by atoms with Crippen molar-refractivity contribution in [2.45, 2.75) is 32.2 Å². The van der Waals surface area contributed by atoms with Gasteiger partial charge in [0.15, 0.2) is 5.41 Å². The van der Waals surface area contributed by atoms with Crippen LogP contribution in [-0.2, 0) is 9.47 Å². The molecule has 2 bridgehead atoms. The van der Waals surface area contributed by atoms with Crippen LogP contribution in [0, 0.1) is 62.0 Å². The first-order valence-electron chi connectivity index (χ1n) is 7.82. The lowest BCUT2D eigenvalue weighted by atomic mass is 9.53. The van der Waals surface area contributed by atoms with Crippen molar-refractivity contribution in [2.24, 2.45) is 16.7 Å². The largest absolute Gasteiger partial charge is 0.447 e. The molecule has 2 aliphatic rings. The lowest BCUT2D eigenvalue weighted by Crippen LogP contribution is -2.58. The summed E-state index contributed by atoms with van der Waals surface area (Å²) in [5, 5.41) is 38.0. The summed E-state index contributed by atoms with van der Waals surface area (Å²) in [5.74, 6) is -3.04. The monoisotopic (exact) mass is 338 g/mol. The Balaban J connectivity index is 2.35. The summed E-state index contributed by atoms with van der Waals surface area (Å²) in [7, 11) is 0. The molecule has 7 heteroatoms. The van der Waals surface area contributed by atoms with Crippen LogP contribution in [0.25, 0.3) is 0 Å². The van der Waals surface area contributed by atoms with E-state index in [-0.39, 0.29) is 5.56 Å². The van der Waals surface area contributed by atoms with Crippen molar-refractivity contribution >= 4 is 5.90 Å². The first-order valence-corrected chi connectivity index (χ1v) is 7.82. The molecule has 4 atom stereocenters. The van der Waals surface area contributed by atoms with Gasteiger partial charge in [0, 0.05) is 6.42 Å². The van der Waals surface area contributed by atoms with Crippen LogP contribution in [0.3, 0.4) is 0 Å². The SMILES string of the molecule is CCC12OC(=N)C(C#N)(C1C)C(C#N)(C#N)C(c1cccc(F)c1)O2. The Morgan fingerprint density at radius 3 is 2.44 bits per heavy atom. The number of nitrogens with zero attached hydrogens (tertiary/aromatic N) is 3. The zero-order chi connectivity index (χ0) is 18.5. The van der Waals surface area contributed by atoms with Gasteiger partial charge in [-0.2, -0.15) is 15.8 Å². The minimum Gasteiger partial charge on any atom is -0.447 e. The van der Waals surface area contributed by atoms with Crippen LogP contribution >= 0.6 is 0 Å². The second-order valence-corrected chi connectivity index (χ2v) is 6.32. The van der Waals surface area contributed by atoms with Gasteiger partial charge in [-0.3, -0.25) is 5.41 Å². The zero-order valence-electron chi connectivity index (χ0n) is 13.7. The topological polar surface area (TPSA) is 114 Å². The summed E-state index contributed by atoms with van der Waals surface area (Å²) in [6.07, 6.45) is -0.921. The maximum Gasteiger partial charge on any atom is 0.217 e. The standard InChI is InChI=1S/C18H15FN4O2/c1-3-18-11(2)17(10-22,15(23)25-18)16(8-20,9-21)14(24-18)12-5-4-6-13(19)7-12/h4-7,11,14,23H,3H2,1-2H3. The summed E-state index contributed by atoms with van der Waals surface area (Å²) >= 11 is 0. The zero-order valence-corrected chi connectivity index (χ0v) is 13.7. The van der Waals surface area contributed by atoms with Crippen LogP contribution in [0.4, 0.5) is 4.39 Å². The molecule has 126 valence electrons. The van der Waals surface area contributed by atoms with Crippen LogP contribution in [-0.4, -0.2) is 11.7 Å². The number of halogens is 1. The lowest BCUT2D eigenvalue weighted by molar-refractivity contribution is -0.280. The van der Waals surface area contributed by atoms with Gasteiger partial charge in [-0.1, -0.05) is 26.0 Å². The fraction of sp³-hybridized carbons (Fsp3) is 0.444. The number of fused-ring (bicyclic) bond motifs is 2. The van der Waals surface area contributed by atoms with Crippen molar-refractivity contribution in [3.8, 4) is 18.2 Å². The van der Waals surface area contributed by atoms with Gasteiger partial charge in [-0.05, 0) is 17.7 Å². The highest BCUT2D eigenvalue weighted by Gasteiger charge is 2.78. The van der Waals surface area contributed by atoms with Gasteiger partial charge >= 0.3 is 0 Å². The number of hydrogen-bond acceptors (Lipinski definition) is 6. The van der Waals surface area contributed by atoms with Crippen molar-refractivity contribution in [3.63, 3.8) is 0 Å². The molecule has 4 unspecified atom stereocenters. The molecule has 1 aromatic rings. The predicted molar refractivity (Wildman–Crippen MR) is 82.9 cm³/mol. The van der Waals surface area contributed by atoms with E-state index in [4.69, 9.17) is 14.9 Å². The second kappa shape index (κ2) is 5.28. The number of hydrogen-bond donors (Lipinski definition) is 1. The first kappa shape index (κ1) is 16.9. The Morgan fingerprint density at radius 2 is 1.92 bits per heavy atom. The first-order chi connectivity index (χ1) is 11.9. The molecular weight excluding hydrogens is 323 g/mol. The average molecular weight is 338 g/mol. The molecule has 6 nitrogen and oxygen atoms in total. The summed E-state index contributed by atoms with van der Waals surface area (Å²) in [6.45, 7) is 3.41. The molecule has 2 saturated heterocycles. The van der Waals surface area contributed by atoms with E-state index in [0.717, 1.165) is 0 Å². The molecule has 25 heavy (non-hydrogen) atoms. The van der Waals surface area contributed by atoms with Gasteiger partial charge in [0.25, 0.3) is 0 Å². The van der Waals surface area contributed by atoms with E-state index in [0.29, 0.717) is 6.42 Å². The Labute approximate surface area is 144 Å². The summed E-state index contributed by atoms with van der Waals surface area (Å²) in [4.78, 5) is 0. The molecule has 1 N–H and O–H groups in total. The molecule has 0 aromatic heterocycles. The minimum absolute atomic E-state index is 0.255. The highest BCUT2D eigenvalue weighted by atomic mass is 19.1. The van der Waals surface area contributed by atoms with Gasteiger partial charge in [0.2, 0.25) is 17.1 Å². The quantitative estimate of drug-likeness (QED) is 0.889. The van der Waals surface area contributed by atoms with Crippen LogP contribution in [0.2, 0.25) is 0 Å². The molecule has 0 aliphatic carbocycles. The van der Waals surface area contributed by atoms with E-state index in [2.05, 4.69) is 0 Å². The normalized spacial score (nSPS) is 35.1. The van der Waals surface area contributed by atoms with Gasteiger partial charge in [0.1, 0.15) is 11.9 Å². The minimum atomic E-state index is -2.04. The highest BCUT2D eigenvalue weighted by Crippen LogP contribution is 2.66. The smallest absolute Gasteiger partial charge is 0.217 e. The van der Waals surface area contributed by atoms with Crippen molar-refractivity contribution in [1.29, 1.82) is 21.2 Å². The van der Waals surface area contributed by atoms with Crippen molar-refractivity contribution in [1.82, 2.24) is 0 Å². The van der Waals surface area contributed by atoms with Gasteiger partial charge in [-0.15, -0.1) is 0 Å². The third-order valence-electron chi connectivity index (χ3n) is 5.45. The highest BCUT2D eigenvalue weighted by molar-refractivity contribution is 5.89. The Bertz CT molecular complexity index is 866. The van der Waals surface area contributed by atoms with Crippen LogP contribution in [0.1, 0.15) is 31.9 Å². The molecular formula is C18H15FN4O2. The van der Waals surface area contributed by atoms with Crippen LogP contribution in [0.15, 0.2) is 24.3 Å². The van der Waals surface area contributed by atoms with Crippen molar-refractivity contribution in [2.75, 3.05) is 0 Å².